The number of aromatic nitrogens is 5. The van der Waals surface area contributed by atoms with Crippen molar-refractivity contribution in [3.8, 4) is 0 Å². The SMILES string of the molecule is O=[N+]([O-])c1cc(Cl)cnc1NCc1nn[nH]n1. The maximum Gasteiger partial charge on any atom is 0.312 e. The van der Waals surface area contributed by atoms with Crippen molar-refractivity contribution >= 4 is 23.1 Å². The fourth-order valence-electron chi connectivity index (χ4n) is 1.12. The van der Waals surface area contributed by atoms with Gasteiger partial charge in [-0.15, -0.1) is 10.2 Å². The number of halogens is 1. The molecule has 0 aliphatic heterocycles. The van der Waals surface area contributed by atoms with Gasteiger partial charge in [0.1, 0.15) is 0 Å². The van der Waals surface area contributed by atoms with E-state index in [1.165, 1.54) is 12.3 Å². The van der Waals surface area contributed by atoms with Crippen molar-refractivity contribution in [3.63, 3.8) is 0 Å². The summed E-state index contributed by atoms with van der Waals surface area (Å²) in [5.74, 6) is 0.472. The van der Waals surface area contributed by atoms with E-state index < -0.39 is 4.92 Å². The highest BCUT2D eigenvalue weighted by Gasteiger charge is 2.16. The molecule has 9 nitrogen and oxygen atoms in total. The third-order valence-electron chi connectivity index (χ3n) is 1.83. The molecule has 0 saturated heterocycles. The highest BCUT2D eigenvalue weighted by Crippen LogP contribution is 2.24. The van der Waals surface area contributed by atoms with Crippen LogP contribution in [0, 0.1) is 10.1 Å². The summed E-state index contributed by atoms with van der Waals surface area (Å²) in [4.78, 5) is 14.0. The van der Waals surface area contributed by atoms with Gasteiger partial charge in [0.25, 0.3) is 0 Å². The van der Waals surface area contributed by atoms with E-state index in [0.717, 1.165) is 0 Å². The van der Waals surface area contributed by atoms with E-state index in [1.54, 1.807) is 0 Å². The van der Waals surface area contributed by atoms with Crippen molar-refractivity contribution in [2.24, 2.45) is 0 Å². The predicted octanol–water partition coefficient (Wildman–Crippen LogP) is 0.768. The average molecular weight is 256 g/mol. The molecule has 0 fully saturated rings. The van der Waals surface area contributed by atoms with Gasteiger partial charge in [-0.05, 0) is 0 Å². The van der Waals surface area contributed by atoms with Crippen molar-refractivity contribution in [2.75, 3.05) is 5.32 Å². The summed E-state index contributed by atoms with van der Waals surface area (Å²) in [5, 5.41) is 26.7. The van der Waals surface area contributed by atoms with E-state index in [4.69, 9.17) is 11.6 Å². The summed E-state index contributed by atoms with van der Waals surface area (Å²) in [5.41, 5.74) is -0.207. The Hall–Kier alpha value is -2.29. The van der Waals surface area contributed by atoms with Crippen LogP contribution in [0.3, 0.4) is 0 Å². The van der Waals surface area contributed by atoms with Crippen LogP contribution in [0.1, 0.15) is 5.82 Å². The van der Waals surface area contributed by atoms with E-state index in [9.17, 15) is 10.1 Å². The number of H-pyrrole nitrogens is 1. The average Bonchev–Trinajstić information content (AvgIpc) is 2.80. The standard InChI is InChI=1S/C7H6ClN7O2/c8-4-1-5(15(16)17)7(9-2-4)10-3-6-11-13-14-12-6/h1-2H,3H2,(H,9,10)(H,11,12,13,14). The first-order chi connectivity index (χ1) is 8.16. The molecule has 0 aliphatic carbocycles. The van der Waals surface area contributed by atoms with Gasteiger partial charge in [0.05, 0.1) is 16.5 Å². The van der Waals surface area contributed by atoms with E-state index in [2.05, 4.69) is 30.9 Å². The molecule has 0 amide bonds. The summed E-state index contributed by atoms with van der Waals surface area (Å²) >= 11 is 5.63. The van der Waals surface area contributed by atoms with E-state index >= 15 is 0 Å². The van der Waals surface area contributed by atoms with Crippen LogP contribution in [-0.4, -0.2) is 30.5 Å². The molecule has 2 heterocycles. The topological polar surface area (TPSA) is 123 Å². The molecule has 0 atom stereocenters. The Morgan fingerprint density at radius 1 is 1.59 bits per heavy atom. The first-order valence-corrected chi connectivity index (χ1v) is 4.81. The minimum Gasteiger partial charge on any atom is -0.357 e. The monoisotopic (exact) mass is 255 g/mol. The Balaban J connectivity index is 2.17. The van der Waals surface area contributed by atoms with Gasteiger partial charge < -0.3 is 5.32 Å². The molecule has 0 saturated carbocycles. The molecule has 88 valence electrons. The Kier molecular flexibility index (Phi) is 3.10. The van der Waals surface area contributed by atoms with Gasteiger partial charge in [-0.1, -0.05) is 16.8 Å². The molecule has 0 aliphatic rings. The fraction of sp³-hybridized carbons (Fsp3) is 0.143. The minimum absolute atomic E-state index is 0.101. The molecule has 10 heteroatoms. The van der Waals surface area contributed by atoms with Crippen LogP contribution in [-0.2, 0) is 6.54 Å². The lowest BCUT2D eigenvalue weighted by Gasteiger charge is -2.03. The van der Waals surface area contributed by atoms with Crippen molar-refractivity contribution in [3.05, 3.63) is 33.2 Å². The second-order valence-electron chi connectivity index (χ2n) is 2.96. The summed E-state index contributed by atoms with van der Waals surface area (Å²) in [7, 11) is 0. The second kappa shape index (κ2) is 4.70. The maximum atomic E-state index is 10.8. The third kappa shape index (κ3) is 2.64. The van der Waals surface area contributed by atoms with Gasteiger partial charge in [-0.2, -0.15) is 5.21 Å². The number of nitro groups is 1. The van der Waals surface area contributed by atoms with Crippen LogP contribution in [0.2, 0.25) is 5.02 Å². The zero-order valence-corrected chi connectivity index (χ0v) is 9.05. The third-order valence-corrected chi connectivity index (χ3v) is 2.04. The van der Waals surface area contributed by atoms with Crippen LogP contribution in [0.25, 0.3) is 0 Å². The first-order valence-electron chi connectivity index (χ1n) is 4.43. The maximum absolute atomic E-state index is 10.8. The number of hydrogen-bond donors (Lipinski definition) is 2. The molecular weight excluding hydrogens is 250 g/mol. The van der Waals surface area contributed by atoms with Crippen LogP contribution in [0.4, 0.5) is 11.5 Å². The molecular formula is C7H6ClN7O2. The first kappa shape index (κ1) is 11.2. The van der Waals surface area contributed by atoms with Gasteiger partial charge in [0, 0.05) is 12.3 Å². The van der Waals surface area contributed by atoms with Crippen molar-refractivity contribution in [1.29, 1.82) is 0 Å². The van der Waals surface area contributed by atoms with Crippen LogP contribution in [0.15, 0.2) is 12.3 Å². The van der Waals surface area contributed by atoms with Gasteiger partial charge in [0.2, 0.25) is 5.82 Å². The number of tetrazole rings is 1. The highest BCUT2D eigenvalue weighted by molar-refractivity contribution is 6.30. The van der Waals surface area contributed by atoms with Crippen LogP contribution < -0.4 is 5.32 Å². The van der Waals surface area contributed by atoms with Crippen molar-refractivity contribution in [2.45, 2.75) is 6.54 Å². The molecule has 0 aromatic carbocycles. The molecule has 0 bridgehead atoms. The van der Waals surface area contributed by atoms with Crippen LogP contribution >= 0.6 is 11.6 Å². The van der Waals surface area contributed by atoms with Crippen molar-refractivity contribution < 1.29 is 4.92 Å². The Morgan fingerprint density at radius 3 is 3.06 bits per heavy atom. The zero-order valence-electron chi connectivity index (χ0n) is 8.29. The lowest BCUT2D eigenvalue weighted by molar-refractivity contribution is -0.384. The molecule has 2 rings (SSSR count). The molecule has 0 radical (unpaired) electrons. The lowest BCUT2D eigenvalue weighted by atomic mass is 10.4. The Labute approximate surface area is 99.4 Å². The zero-order chi connectivity index (χ0) is 12.3. The van der Waals surface area contributed by atoms with Gasteiger partial charge in [-0.25, -0.2) is 4.98 Å². The molecule has 0 unspecified atom stereocenters. The van der Waals surface area contributed by atoms with E-state index in [-0.39, 0.29) is 23.1 Å². The summed E-state index contributed by atoms with van der Waals surface area (Å²) in [6, 6.07) is 1.22. The number of anilines is 1. The number of rotatable bonds is 4. The normalized spacial score (nSPS) is 10.2. The highest BCUT2D eigenvalue weighted by atomic mass is 35.5. The molecule has 0 spiro atoms. The number of nitrogens with zero attached hydrogens (tertiary/aromatic N) is 5. The predicted molar refractivity (Wildman–Crippen MR) is 57.4 cm³/mol. The fourth-order valence-corrected chi connectivity index (χ4v) is 1.28. The van der Waals surface area contributed by atoms with Crippen LogP contribution in [0.5, 0.6) is 0 Å². The second-order valence-corrected chi connectivity index (χ2v) is 3.40. The molecule has 2 N–H and O–H groups in total. The summed E-state index contributed by atoms with van der Waals surface area (Å²) < 4.78 is 0. The summed E-state index contributed by atoms with van der Waals surface area (Å²) in [6.45, 7) is 0.173. The van der Waals surface area contributed by atoms with Gasteiger partial charge >= 0.3 is 5.69 Å². The Bertz CT molecular complexity index is 529. The largest absolute Gasteiger partial charge is 0.357 e. The smallest absolute Gasteiger partial charge is 0.312 e. The lowest BCUT2D eigenvalue weighted by Crippen LogP contribution is -2.05. The summed E-state index contributed by atoms with van der Waals surface area (Å²) in [6.07, 6.45) is 1.31. The Morgan fingerprint density at radius 2 is 2.41 bits per heavy atom. The number of hydrogen-bond acceptors (Lipinski definition) is 7. The minimum atomic E-state index is -0.572. The number of nitrogens with one attached hydrogen (secondary N) is 2. The van der Waals surface area contributed by atoms with Gasteiger partial charge in [0.15, 0.2) is 5.82 Å². The number of aromatic amines is 1. The van der Waals surface area contributed by atoms with E-state index in [0.29, 0.717) is 5.82 Å². The molecule has 2 aromatic heterocycles. The molecule has 17 heavy (non-hydrogen) atoms. The van der Waals surface area contributed by atoms with Gasteiger partial charge in [-0.3, -0.25) is 10.1 Å². The van der Waals surface area contributed by atoms with E-state index in [1.807, 2.05) is 0 Å². The number of pyridine rings is 1. The molecule has 2 aromatic rings. The quantitative estimate of drug-likeness (QED) is 0.611. The van der Waals surface area contributed by atoms with Crippen molar-refractivity contribution in [1.82, 2.24) is 25.6 Å².